The zero-order valence-electron chi connectivity index (χ0n) is 16.7. The van der Waals surface area contributed by atoms with E-state index in [1.54, 1.807) is 26.3 Å². The number of rotatable bonds is 3. The van der Waals surface area contributed by atoms with Crippen LogP contribution in [0.1, 0.15) is 48.8 Å². The predicted octanol–water partition coefficient (Wildman–Crippen LogP) is 3.30. The first-order chi connectivity index (χ1) is 13.6. The number of amides is 1. The molecule has 1 atom stereocenters. The maximum absolute atomic E-state index is 13.5. The quantitative estimate of drug-likeness (QED) is 0.833. The van der Waals surface area contributed by atoms with Crippen LogP contribution >= 0.6 is 0 Å². The minimum atomic E-state index is -4.22. The molecule has 29 heavy (non-hydrogen) atoms. The van der Waals surface area contributed by atoms with E-state index in [-0.39, 0.29) is 24.4 Å². The molecule has 1 unspecified atom stereocenters. The highest BCUT2D eigenvalue weighted by atomic mass is 19.4. The molecule has 3 aliphatic rings. The van der Waals surface area contributed by atoms with Crippen molar-refractivity contribution in [2.24, 2.45) is 16.1 Å². The van der Waals surface area contributed by atoms with Crippen LogP contribution in [-0.4, -0.2) is 43.2 Å². The zero-order chi connectivity index (χ0) is 21.0. The zero-order valence-corrected chi connectivity index (χ0v) is 16.7. The van der Waals surface area contributed by atoms with Crippen LogP contribution < -0.4 is 5.73 Å². The monoisotopic (exact) mass is 409 g/mol. The van der Waals surface area contributed by atoms with E-state index >= 15 is 0 Å². The number of benzene rings is 1. The Morgan fingerprint density at radius 3 is 2.55 bits per heavy atom. The molecule has 5 nitrogen and oxygen atoms in total. The molecule has 4 rings (SSSR count). The summed E-state index contributed by atoms with van der Waals surface area (Å²) >= 11 is 0. The van der Waals surface area contributed by atoms with Crippen molar-refractivity contribution in [2.45, 2.75) is 62.8 Å². The van der Waals surface area contributed by atoms with Crippen molar-refractivity contribution in [1.82, 2.24) is 4.90 Å². The van der Waals surface area contributed by atoms with Gasteiger partial charge >= 0.3 is 6.18 Å². The molecule has 2 aliphatic carbocycles. The number of carbonyl (C=O) groups is 1. The molecule has 1 saturated carbocycles. The first-order valence-electron chi connectivity index (χ1n) is 9.97. The molecule has 2 N–H and O–H groups in total. The lowest BCUT2D eigenvalue weighted by Gasteiger charge is -2.45. The standard InChI is InChI=1S/C21H26F3N3O2/c1-27-17(28)21(26-18(27)25)16-11-13(5-10-20(22,23)24)3-4-14(16)12-19(21)8-6-15(29-2)7-9-19/h3-4,11,15H,5-10,12H2,1-2H3,(H2,25,26). The van der Waals surface area contributed by atoms with E-state index in [9.17, 15) is 18.0 Å². The Labute approximate surface area is 168 Å². The molecule has 1 aromatic carbocycles. The van der Waals surface area contributed by atoms with Crippen molar-refractivity contribution in [2.75, 3.05) is 14.2 Å². The lowest BCUT2D eigenvalue weighted by atomic mass is 9.61. The average molecular weight is 409 g/mol. The largest absolute Gasteiger partial charge is 0.389 e. The molecule has 1 fully saturated rings. The highest BCUT2D eigenvalue weighted by Crippen LogP contribution is 2.61. The van der Waals surface area contributed by atoms with E-state index in [4.69, 9.17) is 15.5 Å². The van der Waals surface area contributed by atoms with E-state index in [1.807, 2.05) is 6.07 Å². The molecular weight excluding hydrogens is 383 g/mol. The second kappa shape index (κ2) is 6.72. The molecule has 2 spiro atoms. The van der Waals surface area contributed by atoms with Crippen molar-refractivity contribution in [1.29, 1.82) is 0 Å². The number of likely N-dealkylation sites (N-methyl/N-ethyl adjacent to an activating group) is 1. The number of aryl methyl sites for hydroxylation is 1. The highest BCUT2D eigenvalue weighted by molar-refractivity contribution is 6.08. The summed E-state index contributed by atoms with van der Waals surface area (Å²) < 4.78 is 43.7. The van der Waals surface area contributed by atoms with Crippen molar-refractivity contribution < 1.29 is 22.7 Å². The molecule has 1 amide bonds. The van der Waals surface area contributed by atoms with Crippen LogP contribution in [0.25, 0.3) is 0 Å². The van der Waals surface area contributed by atoms with Crippen LogP contribution in [0.15, 0.2) is 23.2 Å². The molecule has 158 valence electrons. The van der Waals surface area contributed by atoms with Gasteiger partial charge in [-0.2, -0.15) is 13.2 Å². The van der Waals surface area contributed by atoms with Crippen molar-refractivity contribution in [3.05, 3.63) is 34.9 Å². The molecular formula is C21H26F3N3O2. The fourth-order valence-corrected chi connectivity index (χ4v) is 5.41. The third kappa shape index (κ3) is 3.03. The molecule has 0 saturated heterocycles. The topological polar surface area (TPSA) is 67.9 Å². The van der Waals surface area contributed by atoms with Gasteiger partial charge in [0, 0.05) is 26.0 Å². The number of ether oxygens (including phenoxy) is 1. The van der Waals surface area contributed by atoms with Gasteiger partial charge in [-0.05, 0) is 55.2 Å². The van der Waals surface area contributed by atoms with Crippen LogP contribution in [0.5, 0.6) is 0 Å². The lowest BCUT2D eigenvalue weighted by molar-refractivity contribution is -0.137. The fraction of sp³-hybridized carbons (Fsp3) is 0.619. The van der Waals surface area contributed by atoms with E-state index in [2.05, 4.69) is 0 Å². The Morgan fingerprint density at radius 1 is 1.31 bits per heavy atom. The Kier molecular flexibility index (Phi) is 4.68. The summed E-state index contributed by atoms with van der Waals surface area (Å²) in [7, 11) is 3.30. The molecule has 8 heteroatoms. The Balaban J connectivity index is 1.78. The Bertz CT molecular complexity index is 859. The van der Waals surface area contributed by atoms with Gasteiger partial charge in [-0.1, -0.05) is 18.2 Å². The molecule has 1 aromatic rings. The van der Waals surface area contributed by atoms with E-state index in [0.717, 1.165) is 36.8 Å². The number of methoxy groups -OCH3 is 1. The van der Waals surface area contributed by atoms with Crippen molar-refractivity contribution >= 4 is 11.9 Å². The van der Waals surface area contributed by atoms with Crippen LogP contribution in [0, 0.1) is 5.41 Å². The number of nitrogens with zero attached hydrogens (tertiary/aromatic N) is 2. The summed E-state index contributed by atoms with van der Waals surface area (Å²) in [4.78, 5) is 19.6. The van der Waals surface area contributed by atoms with Gasteiger partial charge in [-0.15, -0.1) is 0 Å². The maximum Gasteiger partial charge on any atom is 0.389 e. The molecule has 0 radical (unpaired) electrons. The first-order valence-corrected chi connectivity index (χ1v) is 9.97. The van der Waals surface area contributed by atoms with Gasteiger partial charge in [0.1, 0.15) is 0 Å². The SMILES string of the molecule is COC1CCC2(CC1)Cc1ccc(CCC(F)(F)F)cc1C21N=C(N)N(C)C1=O. The van der Waals surface area contributed by atoms with Crippen LogP contribution in [0.4, 0.5) is 13.2 Å². The summed E-state index contributed by atoms with van der Waals surface area (Å²) in [6, 6.07) is 5.37. The Hall–Kier alpha value is -2.09. The number of halogens is 3. The third-order valence-corrected chi connectivity index (χ3v) is 7.02. The van der Waals surface area contributed by atoms with Gasteiger partial charge in [0.25, 0.3) is 5.91 Å². The normalized spacial score (nSPS) is 31.6. The van der Waals surface area contributed by atoms with E-state index in [1.165, 1.54) is 4.90 Å². The number of carbonyl (C=O) groups excluding carboxylic acids is 1. The fourth-order valence-electron chi connectivity index (χ4n) is 5.41. The molecule has 1 aliphatic heterocycles. The maximum atomic E-state index is 13.5. The van der Waals surface area contributed by atoms with Crippen LogP contribution in [0.2, 0.25) is 0 Å². The van der Waals surface area contributed by atoms with Crippen molar-refractivity contribution in [3.63, 3.8) is 0 Å². The smallest absolute Gasteiger partial charge is 0.381 e. The Morgan fingerprint density at radius 2 is 2.00 bits per heavy atom. The third-order valence-electron chi connectivity index (χ3n) is 7.02. The lowest BCUT2D eigenvalue weighted by Crippen LogP contribution is -2.51. The number of guanidine groups is 1. The van der Waals surface area contributed by atoms with Crippen molar-refractivity contribution in [3.8, 4) is 0 Å². The summed E-state index contributed by atoms with van der Waals surface area (Å²) in [6.07, 6.45) is -1.24. The van der Waals surface area contributed by atoms with Gasteiger partial charge < -0.3 is 10.5 Å². The predicted molar refractivity (Wildman–Crippen MR) is 102 cm³/mol. The van der Waals surface area contributed by atoms with Crippen LogP contribution in [0.3, 0.4) is 0 Å². The number of nitrogens with two attached hydrogens (primary N) is 1. The van der Waals surface area contributed by atoms with Gasteiger partial charge in [0.2, 0.25) is 0 Å². The van der Waals surface area contributed by atoms with Gasteiger partial charge in [0.15, 0.2) is 11.5 Å². The minimum Gasteiger partial charge on any atom is -0.381 e. The second-order valence-corrected chi connectivity index (χ2v) is 8.54. The summed E-state index contributed by atoms with van der Waals surface area (Å²) in [6.45, 7) is 0. The first kappa shape index (κ1) is 20.2. The van der Waals surface area contributed by atoms with Gasteiger partial charge in [0.05, 0.1) is 6.10 Å². The number of hydrogen-bond donors (Lipinski definition) is 1. The number of hydrogen-bond acceptors (Lipinski definition) is 4. The van der Waals surface area contributed by atoms with Gasteiger partial charge in [-0.25, -0.2) is 4.99 Å². The number of aliphatic imine (C=N–C) groups is 1. The minimum absolute atomic E-state index is 0.116. The van der Waals surface area contributed by atoms with Crippen LogP contribution in [-0.2, 0) is 27.9 Å². The molecule has 1 heterocycles. The molecule has 0 aromatic heterocycles. The number of fused-ring (bicyclic) bond motifs is 3. The van der Waals surface area contributed by atoms with E-state index < -0.39 is 23.6 Å². The summed E-state index contributed by atoms with van der Waals surface area (Å²) in [5.74, 6) is -0.0191. The number of alkyl halides is 3. The summed E-state index contributed by atoms with van der Waals surface area (Å²) in [5.41, 5.74) is 6.78. The average Bonchev–Trinajstić information content (AvgIpc) is 3.07. The molecule has 0 bridgehead atoms. The van der Waals surface area contributed by atoms with E-state index in [0.29, 0.717) is 12.0 Å². The van der Waals surface area contributed by atoms with Gasteiger partial charge in [-0.3, -0.25) is 9.69 Å². The second-order valence-electron chi connectivity index (χ2n) is 8.54. The summed E-state index contributed by atoms with van der Waals surface area (Å²) in [5, 5.41) is 0. The highest BCUT2D eigenvalue weighted by Gasteiger charge is 2.66.